The lowest BCUT2D eigenvalue weighted by Crippen LogP contribution is -2.50. The van der Waals surface area contributed by atoms with Crippen molar-refractivity contribution in [1.82, 2.24) is 9.73 Å². The molecule has 2 aliphatic heterocycles. The summed E-state index contributed by atoms with van der Waals surface area (Å²) in [5.41, 5.74) is 2.87. The molecule has 0 bridgehead atoms. The van der Waals surface area contributed by atoms with Crippen molar-refractivity contribution in [3.8, 4) is 0 Å². The third kappa shape index (κ3) is 4.57. The summed E-state index contributed by atoms with van der Waals surface area (Å²) in [5.74, 6) is 8.02. The van der Waals surface area contributed by atoms with Crippen molar-refractivity contribution in [2.45, 2.75) is 31.4 Å². The van der Waals surface area contributed by atoms with Gasteiger partial charge in [-0.05, 0) is 25.2 Å². The van der Waals surface area contributed by atoms with E-state index in [2.05, 4.69) is 5.43 Å². The van der Waals surface area contributed by atoms with E-state index >= 15 is 0 Å². The maximum absolute atomic E-state index is 11.6. The molecular weight excluding hydrogens is 298 g/mol. The van der Waals surface area contributed by atoms with E-state index in [9.17, 15) is 8.42 Å². The maximum Gasteiger partial charge on any atom is 0.211 e. The number of nitrogens with two attached hydrogens (primary N) is 1. The summed E-state index contributed by atoms with van der Waals surface area (Å²) in [6.45, 7) is 2.02. The van der Waals surface area contributed by atoms with Crippen molar-refractivity contribution in [3.05, 3.63) is 0 Å². The second-order valence-electron chi connectivity index (χ2n) is 5.62. The highest BCUT2D eigenvalue weighted by atomic mass is 32.2. The van der Waals surface area contributed by atoms with Gasteiger partial charge in [-0.3, -0.25) is 11.3 Å². The lowest BCUT2D eigenvalue weighted by atomic mass is 9.91. The number of rotatable bonds is 5. The number of ether oxygens (including phenoxy) is 1. The fourth-order valence-corrected chi connectivity index (χ4v) is 4.83. The third-order valence-corrected chi connectivity index (χ3v) is 6.33. The maximum atomic E-state index is 11.6. The van der Waals surface area contributed by atoms with Crippen molar-refractivity contribution in [1.29, 1.82) is 0 Å². The molecule has 2 aliphatic rings. The molecule has 0 saturated carbocycles. The molecule has 0 radical (unpaired) electrons. The molecule has 0 aromatic heterocycles. The van der Waals surface area contributed by atoms with E-state index in [0.29, 0.717) is 19.0 Å². The Morgan fingerprint density at radius 2 is 2.35 bits per heavy atom. The predicted octanol–water partition coefficient (Wildman–Crippen LogP) is 0.0120. The minimum atomic E-state index is -3.08. The van der Waals surface area contributed by atoms with E-state index in [-0.39, 0.29) is 12.1 Å². The molecule has 0 aliphatic carbocycles. The standard InChI is InChI=1S/C12H25N3O3S2/c1-20(16,17)15-4-2-3-10(8-15)7-11(14-13)12-9-19-6-5-18-12/h10-12,14H,2-9,13H2,1H3. The molecule has 3 unspecified atom stereocenters. The van der Waals surface area contributed by atoms with E-state index in [1.807, 2.05) is 11.8 Å². The van der Waals surface area contributed by atoms with Gasteiger partial charge in [0.2, 0.25) is 10.0 Å². The Bertz CT molecular complexity index is 399. The molecule has 2 heterocycles. The van der Waals surface area contributed by atoms with Crippen LogP contribution in [0.1, 0.15) is 19.3 Å². The van der Waals surface area contributed by atoms with Crippen molar-refractivity contribution >= 4 is 21.8 Å². The van der Waals surface area contributed by atoms with Gasteiger partial charge >= 0.3 is 0 Å². The van der Waals surface area contributed by atoms with Crippen molar-refractivity contribution in [2.24, 2.45) is 11.8 Å². The number of hydrogen-bond donors (Lipinski definition) is 2. The molecule has 3 atom stereocenters. The fourth-order valence-electron chi connectivity index (χ4n) is 2.95. The van der Waals surface area contributed by atoms with Gasteiger partial charge < -0.3 is 4.74 Å². The van der Waals surface area contributed by atoms with Crippen LogP contribution in [0.5, 0.6) is 0 Å². The van der Waals surface area contributed by atoms with Gasteiger partial charge in [0.15, 0.2) is 0 Å². The Morgan fingerprint density at radius 3 is 2.95 bits per heavy atom. The number of sulfonamides is 1. The van der Waals surface area contributed by atoms with Gasteiger partial charge in [0.25, 0.3) is 0 Å². The number of hydrogen-bond acceptors (Lipinski definition) is 6. The minimum Gasteiger partial charge on any atom is -0.375 e. The Hall–Kier alpha value is 0.140. The van der Waals surface area contributed by atoms with E-state index in [4.69, 9.17) is 10.6 Å². The highest BCUT2D eigenvalue weighted by Crippen LogP contribution is 2.25. The van der Waals surface area contributed by atoms with E-state index in [1.165, 1.54) is 6.26 Å². The van der Waals surface area contributed by atoms with E-state index in [1.54, 1.807) is 4.31 Å². The molecule has 0 aromatic carbocycles. The second kappa shape index (κ2) is 7.42. The van der Waals surface area contributed by atoms with Crippen LogP contribution in [0.4, 0.5) is 0 Å². The predicted molar refractivity (Wildman–Crippen MR) is 81.9 cm³/mol. The van der Waals surface area contributed by atoms with Crippen molar-refractivity contribution in [2.75, 3.05) is 37.5 Å². The summed E-state index contributed by atoms with van der Waals surface area (Å²) in [6, 6.07) is 0.104. The van der Waals surface area contributed by atoms with Crippen molar-refractivity contribution in [3.63, 3.8) is 0 Å². The molecule has 0 spiro atoms. The summed E-state index contributed by atoms with van der Waals surface area (Å²) in [6.07, 6.45) is 4.27. The smallest absolute Gasteiger partial charge is 0.211 e. The minimum absolute atomic E-state index is 0.104. The highest BCUT2D eigenvalue weighted by Gasteiger charge is 2.31. The van der Waals surface area contributed by atoms with Crippen LogP contribution in [0.2, 0.25) is 0 Å². The number of piperidine rings is 1. The van der Waals surface area contributed by atoms with Gasteiger partial charge in [-0.2, -0.15) is 11.8 Å². The lowest BCUT2D eigenvalue weighted by Gasteiger charge is -2.36. The number of nitrogens with one attached hydrogen (secondary N) is 1. The SMILES string of the molecule is CS(=O)(=O)N1CCCC(CC(NN)C2CSCCO2)C1. The summed E-state index contributed by atoms with van der Waals surface area (Å²) >= 11 is 1.89. The van der Waals surface area contributed by atoms with Gasteiger partial charge in [-0.15, -0.1) is 0 Å². The molecule has 118 valence electrons. The van der Waals surface area contributed by atoms with Crippen LogP contribution < -0.4 is 11.3 Å². The molecule has 2 fully saturated rings. The van der Waals surface area contributed by atoms with Crippen LogP contribution in [0.25, 0.3) is 0 Å². The number of nitrogens with zero attached hydrogens (tertiary/aromatic N) is 1. The van der Waals surface area contributed by atoms with Crippen molar-refractivity contribution < 1.29 is 13.2 Å². The van der Waals surface area contributed by atoms with Crippen LogP contribution in [0.3, 0.4) is 0 Å². The molecule has 20 heavy (non-hydrogen) atoms. The zero-order valence-corrected chi connectivity index (χ0v) is 13.6. The molecular formula is C12H25N3O3S2. The normalized spacial score (nSPS) is 31.1. The summed E-state index contributed by atoms with van der Waals surface area (Å²) in [7, 11) is -3.08. The summed E-state index contributed by atoms with van der Waals surface area (Å²) in [4.78, 5) is 0. The number of thioether (sulfide) groups is 1. The molecule has 3 N–H and O–H groups in total. The first-order valence-electron chi connectivity index (χ1n) is 7.11. The topological polar surface area (TPSA) is 84.7 Å². The lowest BCUT2D eigenvalue weighted by molar-refractivity contribution is 0.0373. The Morgan fingerprint density at radius 1 is 1.55 bits per heavy atom. The van der Waals surface area contributed by atoms with Gasteiger partial charge in [0.1, 0.15) is 0 Å². The monoisotopic (exact) mass is 323 g/mol. The van der Waals surface area contributed by atoms with E-state index in [0.717, 1.165) is 37.4 Å². The first-order valence-corrected chi connectivity index (χ1v) is 10.1. The molecule has 6 nitrogen and oxygen atoms in total. The Balaban J connectivity index is 1.90. The van der Waals surface area contributed by atoms with E-state index < -0.39 is 10.0 Å². The zero-order chi connectivity index (χ0) is 14.6. The molecule has 2 rings (SSSR count). The van der Waals surface area contributed by atoms with Gasteiger partial charge in [-0.1, -0.05) is 0 Å². The zero-order valence-electron chi connectivity index (χ0n) is 12.0. The first kappa shape index (κ1) is 16.5. The van der Waals surface area contributed by atoms with Crippen LogP contribution >= 0.6 is 11.8 Å². The van der Waals surface area contributed by atoms with Gasteiger partial charge in [0, 0.05) is 30.6 Å². The van der Waals surface area contributed by atoms with Crippen LogP contribution in [-0.4, -0.2) is 62.3 Å². The largest absolute Gasteiger partial charge is 0.375 e. The van der Waals surface area contributed by atoms with Crippen LogP contribution in [0.15, 0.2) is 0 Å². The number of hydrazine groups is 1. The average Bonchev–Trinajstić information content (AvgIpc) is 2.45. The molecule has 0 amide bonds. The fraction of sp³-hybridized carbons (Fsp3) is 1.00. The second-order valence-corrected chi connectivity index (χ2v) is 8.75. The van der Waals surface area contributed by atoms with Crippen LogP contribution in [0, 0.1) is 5.92 Å². The molecule has 8 heteroatoms. The average molecular weight is 323 g/mol. The highest BCUT2D eigenvalue weighted by molar-refractivity contribution is 7.99. The van der Waals surface area contributed by atoms with Gasteiger partial charge in [0.05, 0.1) is 19.0 Å². The molecule has 0 aromatic rings. The summed E-state index contributed by atoms with van der Waals surface area (Å²) in [5, 5.41) is 0. The molecule has 2 saturated heterocycles. The first-order chi connectivity index (χ1) is 9.50. The van der Waals surface area contributed by atoms with Crippen LogP contribution in [-0.2, 0) is 14.8 Å². The Labute approximate surface area is 125 Å². The summed E-state index contributed by atoms with van der Waals surface area (Å²) < 4.78 is 30.7. The quantitative estimate of drug-likeness (QED) is 0.548. The third-order valence-electron chi connectivity index (χ3n) is 4.04. The Kier molecular flexibility index (Phi) is 6.12. The van der Waals surface area contributed by atoms with Gasteiger partial charge in [-0.25, -0.2) is 12.7 Å².